The lowest BCUT2D eigenvalue weighted by molar-refractivity contribution is -0.139. The zero-order chi connectivity index (χ0) is 22.6. The van der Waals surface area contributed by atoms with Gasteiger partial charge >= 0.3 is 11.8 Å². The van der Waals surface area contributed by atoms with Gasteiger partial charge in [-0.3, -0.25) is 14.4 Å². The van der Waals surface area contributed by atoms with Crippen LogP contribution in [0.3, 0.4) is 0 Å². The molecule has 0 aliphatic heterocycles. The van der Waals surface area contributed by atoms with Crippen LogP contribution in [-0.4, -0.2) is 37.1 Å². The SMILES string of the molecule is CCCCNC(=O)C(=O)N/N=C\c1cccc(OCC(=O)Nc2ccc(Br)cc2C)c1. The highest BCUT2D eigenvalue weighted by atomic mass is 79.9. The van der Waals surface area contributed by atoms with Gasteiger partial charge < -0.3 is 15.4 Å². The van der Waals surface area contributed by atoms with Crippen LogP contribution in [0.15, 0.2) is 52.0 Å². The second-order valence-electron chi connectivity index (χ2n) is 6.68. The van der Waals surface area contributed by atoms with Crippen molar-refractivity contribution in [3.05, 3.63) is 58.1 Å². The molecule has 0 saturated heterocycles. The number of rotatable bonds is 9. The Morgan fingerprint density at radius 3 is 2.68 bits per heavy atom. The van der Waals surface area contributed by atoms with E-state index in [9.17, 15) is 14.4 Å². The van der Waals surface area contributed by atoms with Crippen molar-refractivity contribution in [2.75, 3.05) is 18.5 Å². The molecule has 0 unspecified atom stereocenters. The number of hydrazone groups is 1. The lowest BCUT2D eigenvalue weighted by atomic mass is 10.2. The lowest BCUT2D eigenvalue weighted by Crippen LogP contribution is -2.38. The van der Waals surface area contributed by atoms with Crippen molar-refractivity contribution in [3.63, 3.8) is 0 Å². The van der Waals surface area contributed by atoms with Gasteiger partial charge in [0.25, 0.3) is 5.91 Å². The van der Waals surface area contributed by atoms with Crippen LogP contribution in [0.5, 0.6) is 5.75 Å². The molecule has 2 rings (SSSR count). The number of ether oxygens (including phenoxy) is 1. The highest BCUT2D eigenvalue weighted by molar-refractivity contribution is 9.10. The summed E-state index contributed by atoms with van der Waals surface area (Å²) in [5, 5.41) is 9.08. The van der Waals surface area contributed by atoms with Crippen LogP contribution in [-0.2, 0) is 14.4 Å². The normalized spacial score (nSPS) is 10.5. The molecule has 8 nitrogen and oxygen atoms in total. The number of nitrogens with zero attached hydrogens (tertiary/aromatic N) is 1. The van der Waals surface area contributed by atoms with Crippen LogP contribution in [0.1, 0.15) is 30.9 Å². The van der Waals surface area contributed by atoms with Crippen molar-refractivity contribution in [3.8, 4) is 5.75 Å². The molecule has 164 valence electrons. The van der Waals surface area contributed by atoms with E-state index < -0.39 is 11.8 Å². The van der Waals surface area contributed by atoms with E-state index >= 15 is 0 Å². The first-order valence-corrected chi connectivity index (χ1v) is 10.6. The third kappa shape index (κ3) is 8.59. The highest BCUT2D eigenvalue weighted by Crippen LogP contribution is 2.20. The van der Waals surface area contributed by atoms with Gasteiger partial charge in [0.2, 0.25) is 0 Å². The summed E-state index contributed by atoms with van der Waals surface area (Å²) >= 11 is 3.38. The summed E-state index contributed by atoms with van der Waals surface area (Å²) in [6, 6.07) is 12.4. The summed E-state index contributed by atoms with van der Waals surface area (Å²) in [7, 11) is 0. The summed E-state index contributed by atoms with van der Waals surface area (Å²) in [6.07, 6.45) is 3.11. The molecular weight excluding hydrogens is 464 g/mol. The molecule has 3 N–H and O–H groups in total. The maximum atomic E-state index is 12.2. The zero-order valence-corrected chi connectivity index (χ0v) is 19.0. The van der Waals surface area contributed by atoms with Crippen molar-refractivity contribution >= 4 is 45.6 Å². The van der Waals surface area contributed by atoms with Gasteiger partial charge in [0.1, 0.15) is 5.75 Å². The highest BCUT2D eigenvalue weighted by Gasteiger charge is 2.11. The monoisotopic (exact) mass is 488 g/mol. The number of unbranched alkanes of at least 4 members (excludes halogenated alkanes) is 1. The molecule has 0 heterocycles. The van der Waals surface area contributed by atoms with Gasteiger partial charge in [0, 0.05) is 16.7 Å². The van der Waals surface area contributed by atoms with E-state index in [0.29, 0.717) is 23.5 Å². The summed E-state index contributed by atoms with van der Waals surface area (Å²) in [6.45, 7) is 4.17. The molecule has 2 aromatic rings. The number of nitrogens with one attached hydrogen (secondary N) is 3. The Hall–Kier alpha value is -3.20. The Labute approximate surface area is 189 Å². The van der Waals surface area contributed by atoms with Crippen LogP contribution < -0.4 is 20.8 Å². The minimum absolute atomic E-state index is 0.162. The first-order valence-electron chi connectivity index (χ1n) is 9.79. The standard InChI is InChI=1S/C22H25BrN4O4/c1-3-4-10-24-21(29)22(30)27-25-13-16-6-5-7-18(12-16)31-14-20(28)26-19-9-8-17(23)11-15(19)2/h5-9,11-13H,3-4,10,14H2,1-2H3,(H,24,29)(H,26,28)(H,27,30)/b25-13-. The second kappa shape index (κ2) is 12.5. The van der Waals surface area contributed by atoms with E-state index in [4.69, 9.17) is 4.74 Å². The van der Waals surface area contributed by atoms with Gasteiger partial charge in [-0.2, -0.15) is 5.10 Å². The number of carbonyl (C=O) groups excluding carboxylic acids is 3. The topological polar surface area (TPSA) is 109 Å². The van der Waals surface area contributed by atoms with Crippen LogP contribution in [0, 0.1) is 6.92 Å². The number of hydrogen-bond donors (Lipinski definition) is 3. The molecule has 0 aliphatic rings. The first kappa shape index (κ1) is 24.1. The Morgan fingerprint density at radius 1 is 1.13 bits per heavy atom. The summed E-state index contributed by atoms with van der Waals surface area (Å²) in [4.78, 5) is 35.4. The molecule has 2 aromatic carbocycles. The number of hydrogen-bond acceptors (Lipinski definition) is 5. The van der Waals surface area contributed by atoms with Gasteiger partial charge in [0.05, 0.1) is 6.21 Å². The number of aryl methyl sites for hydroxylation is 1. The average Bonchev–Trinajstić information content (AvgIpc) is 2.74. The van der Waals surface area contributed by atoms with Crippen LogP contribution in [0.2, 0.25) is 0 Å². The number of benzene rings is 2. The Balaban J connectivity index is 1.83. The van der Waals surface area contributed by atoms with Gasteiger partial charge in [-0.1, -0.05) is 41.4 Å². The Bertz CT molecular complexity index is 962. The Kier molecular flexibility index (Phi) is 9.70. The maximum Gasteiger partial charge on any atom is 0.329 e. The third-order valence-electron chi connectivity index (χ3n) is 4.09. The van der Waals surface area contributed by atoms with E-state index in [1.54, 1.807) is 24.3 Å². The molecule has 0 bridgehead atoms. The van der Waals surface area contributed by atoms with Crippen molar-refractivity contribution in [1.29, 1.82) is 0 Å². The molecule has 31 heavy (non-hydrogen) atoms. The van der Waals surface area contributed by atoms with Crippen molar-refractivity contribution < 1.29 is 19.1 Å². The first-order chi connectivity index (χ1) is 14.9. The fraction of sp³-hybridized carbons (Fsp3) is 0.273. The molecule has 3 amide bonds. The number of carbonyl (C=O) groups is 3. The molecule has 0 aliphatic carbocycles. The average molecular weight is 489 g/mol. The van der Waals surface area contributed by atoms with Gasteiger partial charge in [-0.15, -0.1) is 0 Å². The largest absolute Gasteiger partial charge is 0.484 e. The smallest absolute Gasteiger partial charge is 0.329 e. The van der Waals surface area contributed by atoms with Crippen molar-refractivity contribution in [1.82, 2.24) is 10.7 Å². The van der Waals surface area contributed by atoms with E-state index in [1.165, 1.54) is 6.21 Å². The molecule has 0 fully saturated rings. The van der Waals surface area contributed by atoms with Crippen molar-refractivity contribution in [2.45, 2.75) is 26.7 Å². The van der Waals surface area contributed by atoms with E-state index in [-0.39, 0.29) is 12.5 Å². The molecule has 9 heteroatoms. The van der Waals surface area contributed by atoms with Crippen LogP contribution >= 0.6 is 15.9 Å². The number of anilines is 1. The maximum absolute atomic E-state index is 12.2. The lowest BCUT2D eigenvalue weighted by Gasteiger charge is -2.10. The fourth-order valence-corrected chi connectivity index (χ4v) is 2.94. The molecule has 0 aromatic heterocycles. The second-order valence-corrected chi connectivity index (χ2v) is 7.59. The summed E-state index contributed by atoms with van der Waals surface area (Å²) in [5.41, 5.74) is 4.45. The number of halogens is 1. The summed E-state index contributed by atoms with van der Waals surface area (Å²) < 4.78 is 6.47. The summed E-state index contributed by atoms with van der Waals surface area (Å²) in [5.74, 6) is -1.38. The quantitative estimate of drug-likeness (QED) is 0.218. The van der Waals surface area contributed by atoms with E-state index in [1.807, 2.05) is 32.0 Å². The van der Waals surface area contributed by atoms with Gasteiger partial charge in [-0.05, 0) is 54.8 Å². The van der Waals surface area contributed by atoms with E-state index in [0.717, 1.165) is 22.9 Å². The Morgan fingerprint density at radius 2 is 1.94 bits per heavy atom. The van der Waals surface area contributed by atoms with Gasteiger partial charge in [0.15, 0.2) is 6.61 Å². The third-order valence-corrected chi connectivity index (χ3v) is 4.59. The molecule has 0 atom stereocenters. The molecule has 0 radical (unpaired) electrons. The van der Waals surface area contributed by atoms with Crippen molar-refractivity contribution in [2.24, 2.45) is 5.10 Å². The number of amides is 3. The fourth-order valence-electron chi connectivity index (χ4n) is 2.46. The minimum atomic E-state index is -0.834. The minimum Gasteiger partial charge on any atom is -0.484 e. The predicted molar refractivity (Wildman–Crippen MR) is 123 cm³/mol. The molecule has 0 spiro atoms. The predicted octanol–water partition coefficient (Wildman–Crippen LogP) is 3.14. The van der Waals surface area contributed by atoms with Gasteiger partial charge in [-0.25, -0.2) is 5.43 Å². The molecular formula is C22H25BrN4O4. The molecule has 0 saturated carbocycles. The van der Waals surface area contributed by atoms with Crippen LogP contribution in [0.25, 0.3) is 0 Å². The zero-order valence-electron chi connectivity index (χ0n) is 17.4. The van der Waals surface area contributed by atoms with Crippen LogP contribution in [0.4, 0.5) is 5.69 Å². The van der Waals surface area contributed by atoms with E-state index in [2.05, 4.69) is 37.1 Å².